The molecule has 0 heterocycles. The highest BCUT2D eigenvalue weighted by Gasteiger charge is 2.38. The topological polar surface area (TPSA) is 90.7 Å². The Hall–Kier alpha value is -0.540. The van der Waals surface area contributed by atoms with Gasteiger partial charge in [0.15, 0.2) is 0 Å². The minimum atomic E-state index is -3.76. The van der Waals surface area contributed by atoms with Crippen molar-refractivity contribution in [2.75, 3.05) is 20.8 Å². The summed E-state index contributed by atoms with van der Waals surface area (Å²) in [6, 6.07) is 3.03. The van der Waals surface area contributed by atoms with Crippen molar-refractivity contribution >= 4 is 38.4 Å². The van der Waals surface area contributed by atoms with E-state index in [2.05, 4.69) is 20.7 Å². The lowest BCUT2D eigenvalue weighted by molar-refractivity contribution is 0.382. The summed E-state index contributed by atoms with van der Waals surface area (Å²) in [4.78, 5) is 0.0507. The molecule has 132 valence electrons. The number of rotatable bonds is 6. The molecule has 1 aliphatic rings. The van der Waals surface area contributed by atoms with Crippen LogP contribution in [0.3, 0.4) is 0 Å². The molecule has 0 radical (unpaired) electrons. The summed E-state index contributed by atoms with van der Waals surface area (Å²) in [6.07, 6.45) is 3.44. The molecule has 1 aromatic carbocycles. The molecule has 2 rings (SSSR count). The number of halogens is 2. The summed E-state index contributed by atoms with van der Waals surface area (Å²) in [6.45, 7) is 0.280. The van der Waals surface area contributed by atoms with Crippen LogP contribution in [0.1, 0.15) is 25.7 Å². The molecule has 1 saturated carbocycles. The average molecular weight is 430 g/mol. The Bertz CT molecular complexity index is 648. The molecule has 0 aromatic heterocycles. The van der Waals surface area contributed by atoms with Gasteiger partial charge in [0.05, 0.1) is 18.7 Å². The van der Waals surface area contributed by atoms with Crippen molar-refractivity contribution < 1.29 is 17.9 Å². The third-order valence-corrected chi connectivity index (χ3v) is 6.25. The average Bonchev–Trinajstić information content (AvgIpc) is 2.95. The largest absolute Gasteiger partial charge is 0.496 e. The molecule has 0 unspecified atom stereocenters. The van der Waals surface area contributed by atoms with E-state index in [1.165, 1.54) is 20.3 Å². The summed E-state index contributed by atoms with van der Waals surface area (Å²) in [5, 5.41) is 0. The lowest BCUT2D eigenvalue weighted by Gasteiger charge is -2.28. The number of ether oxygens (including phenoxy) is 2. The van der Waals surface area contributed by atoms with Crippen LogP contribution in [0, 0.1) is 0 Å². The molecule has 0 aliphatic heterocycles. The molecule has 1 fully saturated rings. The Balaban J connectivity index is 0.00000264. The van der Waals surface area contributed by atoms with Gasteiger partial charge in [0.2, 0.25) is 10.0 Å². The van der Waals surface area contributed by atoms with E-state index in [0.29, 0.717) is 10.2 Å². The number of hydrogen-bond acceptors (Lipinski definition) is 5. The third-order valence-electron chi connectivity index (χ3n) is 4.03. The number of nitrogens with two attached hydrogens (primary N) is 1. The van der Waals surface area contributed by atoms with Crippen molar-refractivity contribution in [2.24, 2.45) is 5.73 Å². The fourth-order valence-electron chi connectivity index (χ4n) is 2.78. The molecule has 0 amide bonds. The maximum absolute atomic E-state index is 12.8. The zero-order valence-corrected chi connectivity index (χ0v) is 16.3. The molecule has 0 spiro atoms. The van der Waals surface area contributed by atoms with Crippen LogP contribution in [0.2, 0.25) is 0 Å². The molecule has 9 heteroatoms. The van der Waals surface area contributed by atoms with Gasteiger partial charge in [0.1, 0.15) is 16.4 Å². The Kier molecular flexibility index (Phi) is 7.15. The second kappa shape index (κ2) is 8.02. The van der Waals surface area contributed by atoms with E-state index in [1.54, 1.807) is 6.07 Å². The first-order chi connectivity index (χ1) is 10.4. The van der Waals surface area contributed by atoms with E-state index < -0.39 is 15.6 Å². The highest BCUT2D eigenvalue weighted by molar-refractivity contribution is 9.10. The molecule has 1 aliphatic carbocycles. The molecule has 3 N–H and O–H groups in total. The van der Waals surface area contributed by atoms with Gasteiger partial charge in [0.25, 0.3) is 0 Å². The van der Waals surface area contributed by atoms with Gasteiger partial charge in [-0.3, -0.25) is 0 Å². The fraction of sp³-hybridized carbons (Fsp3) is 0.571. The first-order valence-corrected chi connectivity index (χ1v) is 9.31. The fourth-order valence-corrected chi connectivity index (χ4v) is 4.90. The molecule has 1 aromatic rings. The second-order valence-electron chi connectivity index (χ2n) is 5.43. The summed E-state index contributed by atoms with van der Waals surface area (Å²) >= 11 is 3.32. The Morgan fingerprint density at radius 1 is 1.22 bits per heavy atom. The van der Waals surface area contributed by atoms with Gasteiger partial charge in [-0.1, -0.05) is 12.8 Å². The molecular weight excluding hydrogens is 408 g/mol. The van der Waals surface area contributed by atoms with Crippen molar-refractivity contribution in [3.05, 3.63) is 16.6 Å². The molecule has 0 saturated heterocycles. The van der Waals surface area contributed by atoms with Crippen molar-refractivity contribution in [1.29, 1.82) is 0 Å². The van der Waals surface area contributed by atoms with Crippen molar-refractivity contribution in [1.82, 2.24) is 4.72 Å². The highest BCUT2D eigenvalue weighted by Crippen LogP contribution is 2.37. The standard InChI is InChI=1S/C14H21BrN2O4S.ClH/c1-20-11-8-13(12(21-2)7-10(11)15)22(18,19)17-14(9-16)5-3-4-6-14;/h7-8,17H,3-6,9,16H2,1-2H3;1H. The number of hydrogen-bond donors (Lipinski definition) is 2. The van der Waals surface area contributed by atoms with E-state index in [4.69, 9.17) is 15.2 Å². The normalized spacial score (nSPS) is 16.7. The number of nitrogens with one attached hydrogen (secondary N) is 1. The predicted molar refractivity (Wildman–Crippen MR) is 95.1 cm³/mol. The van der Waals surface area contributed by atoms with E-state index in [-0.39, 0.29) is 29.6 Å². The molecule has 6 nitrogen and oxygen atoms in total. The molecule has 0 bridgehead atoms. The maximum atomic E-state index is 12.8. The van der Waals surface area contributed by atoms with Gasteiger partial charge < -0.3 is 15.2 Å². The van der Waals surface area contributed by atoms with Gasteiger partial charge in [-0.2, -0.15) is 0 Å². The lowest BCUT2D eigenvalue weighted by atomic mass is 10.0. The van der Waals surface area contributed by atoms with E-state index in [0.717, 1.165) is 25.7 Å². The van der Waals surface area contributed by atoms with Crippen LogP contribution < -0.4 is 19.9 Å². The van der Waals surface area contributed by atoms with Gasteiger partial charge in [0, 0.05) is 18.2 Å². The zero-order valence-electron chi connectivity index (χ0n) is 13.1. The van der Waals surface area contributed by atoms with Gasteiger partial charge in [-0.15, -0.1) is 12.4 Å². The smallest absolute Gasteiger partial charge is 0.244 e. The van der Waals surface area contributed by atoms with Crippen LogP contribution in [-0.2, 0) is 10.0 Å². The summed E-state index contributed by atoms with van der Waals surface area (Å²) in [5.41, 5.74) is 5.25. The lowest BCUT2D eigenvalue weighted by Crippen LogP contribution is -2.51. The van der Waals surface area contributed by atoms with Crippen molar-refractivity contribution in [3.63, 3.8) is 0 Å². The SMILES string of the molecule is COc1cc(S(=O)(=O)NC2(CN)CCCC2)c(OC)cc1Br.Cl. The Labute approximate surface area is 151 Å². The van der Waals surface area contributed by atoms with Gasteiger partial charge in [-0.25, -0.2) is 13.1 Å². The summed E-state index contributed by atoms with van der Waals surface area (Å²) in [5.74, 6) is 0.680. The minimum absolute atomic E-state index is 0. The highest BCUT2D eigenvalue weighted by atomic mass is 79.9. The molecule has 23 heavy (non-hydrogen) atoms. The first kappa shape index (κ1) is 20.5. The van der Waals surface area contributed by atoms with Crippen LogP contribution in [0.4, 0.5) is 0 Å². The predicted octanol–water partition coefficient (Wildman–Crippen LogP) is 2.44. The maximum Gasteiger partial charge on any atom is 0.244 e. The Morgan fingerprint density at radius 3 is 2.26 bits per heavy atom. The van der Waals surface area contributed by atoms with E-state index in [9.17, 15) is 8.42 Å². The summed E-state index contributed by atoms with van der Waals surface area (Å²) in [7, 11) is -0.849. The van der Waals surface area contributed by atoms with Crippen LogP contribution >= 0.6 is 28.3 Å². The van der Waals surface area contributed by atoms with Crippen LogP contribution in [0.15, 0.2) is 21.5 Å². The first-order valence-electron chi connectivity index (χ1n) is 7.03. The van der Waals surface area contributed by atoms with Crippen molar-refractivity contribution in [2.45, 2.75) is 36.1 Å². The van der Waals surface area contributed by atoms with Crippen molar-refractivity contribution in [3.8, 4) is 11.5 Å². The second-order valence-corrected chi connectivity index (χ2v) is 7.94. The van der Waals surface area contributed by atoms with Gasteiger partial charge in [-0.05, 0) is 34.8 Å². The number of methoxy groups -OCH3 is 2. The number of sulfonamides is 1. The minimum Gasteiger partial charge on any atom is -0.496 e. The third kappa shape index (κ3) is 4.30. The zero-order chi connectivity index (χ0) is 16.4. The van der Waals surface area contributed by atoms with Gasteiger partial charge >= 0.3 is 0 Å². The molecule has 0 atom stereocenters. The van der Waals surface area contributed by atoms with Crippen LogP contribution in [0.25, 0.3) is 0 Å². The monoisotopic (exact) mass is 428 g/mol. The molecular formula is C14H22BrClN2O4S. The quantitative estimate of drug-likeness (QED) is 0.725. The van der Waals surface area contributed by atoms with Crippen LogP contribution in [-0.4, -0.2) is 34.7 Å². The number of benzene rings is 1. The Morgan fingerprint density at radius 2 is 1.78 bits per heavy atom. The summed E-state index contributed by atoms with van der Waals surface area (Å²) < 4.78 is 39.4. The van der Waals surface area contributed by atoms with Crippen LogP contribution in [0.5, 0.6) is 11.5 Å². The van der Waals surface area contributed by atoms with E-state index >= 15 is 0 Å². The van der Waals surface area contributed by atoms with E-state index in [1.807, 2.05) is 0 Å².